The van der Waals surface area contributed by atoms with Crippen LogP contribution >= 0.6 is 0 Å². The Morgan fingerprint density at radius 1 is 1.16 bits per heavy atom. The Labute approximate surface area is 183 Å². The van der Waals surface area contributed by atoms with E-state index < -0.39 is 5.97 Å². The van der Waals surface area contributed by atoms with Gasteiger partial charge in [0.1, 0.15) is 5.82 Å². The lowest BCUT2D eigenvalue weighted by Crippen LogP contribution is -2.41. The van der Waals surface area contributed by atoms with Gasteiger partial charge in [0.05, 0.1) is 30.1 Å². The summed E-state index contributed by atoms with van der Waals surface area (Å²) in [6, 6.07) is 10.5. The number of nitrogens with zero attached hydrogens (tertiary/aromatic N) is 3. The van der Waals surface area contributed by atoms with E-state index in [0.29, 0.717) is 48.3 Å². The first-order valence-electron chi connectivity index (χ1n) is 10.3. The van der Waals surface area contributed by atoms with E-state index in [-0.39, 0.29) is 29.7 Å². The van der Waals surface area contributed by atoms with Crippen LogP contribution in [0.5, 0.6) is 0 Å². The van der Waals surface area contributed by atoms with Gasteiger partial charge in [-0.25, -0.2) is 14.2 Å². The van der Waals surface area contributed by atoms with Gasteiger partial charge in [-0.1, -0.05) is 12.1 Å². The minimum absolute atomic E-state index is 0.200. The van der Waals surface area contributed by atoms with Crippen molar-refractivity contribution in [2.75, 3.05) is 25.1 Å². The third-order valence-electron chi connectivity index (χ3n) is 5.79. The summed E-state index contributed by atoms with van der Waals surface area (Å²) in [6.07, 6.45) is 1.12. The number of piperidine rings is 1. The average Bonchev–Trinajstić information content (AvgIpc) is 2.81. The van der Waals surface area contributed by atoms with Crippen LogP contribution in [0, 0.1) is 11.7 Å². The number of methoxy groups -OCH3 is 1. The number of aromatic nitrogens is 2. The summed E-state index contributed by atoms with van der Waals surface area (Å²) in [4.78, 5) is 43.6. The minimum atomic E-state index is -0.520. The lowest BCUT2D eigenvalue weighted by molar-refractivity contribution is -0.122. The van der Waals surface area contributed by atoms with Crippen molar-refractivity contribution in [2.24, 2.45) is 11.7 Å². The molecule has 2 heterocycles. The molecule has 166 valence electrons. The number of anilines is 1. The van der Waals surface area contributed by atoms with Crippen LogP contribution in [0.4, 0.5) is 10.3 Å². The largest absolute Gasteiger partial charge is 0.465 e. The molecular weight excluding hydrogens is 415 g/mol. The Bertz CT molecular complexity index is 1230. The third-order valence-corrected chi connectivity index (χ3v) is 5.79. The van der Waals surface area contributed by atoms with Crippen molar-refractivity contribution in [3.63, 3.8) is 0 Å². The fraction of sp³-hybridized carbons (Fsp3) is 0.304. The minimum Gasteiger partial charge on any atom is -0.465 e. The Kier molecular flexibility index (Phi) is 5.89. The highest BCUT2D eigenvalue weighted by molar-refractivity contribution is 5.94. The maximum absolute atomic E-state index is 13.4. The molecule has 0 saturated carbocycles. The van der Waals surface area contributed by atoms with Crippen molar-refractivity contribution in [2.45, 2.75) is 19.4 Å². The molecule has 1 fully saturated rings. The van der Waals surface area contributed by atoms with E-state index in [1.165, 1.54) is 35.9 Å². The molecule has 1 aliphatic rings. The van der Waals surface area contributed by atoms with Crippen LogP contribution in [0.3, 0.4) is 0 Å². The predicted molar refractivity (Wildman–Crippen MR) is 117 cm³/mol. The van der Waals surface area contributed by atoms with Crippen LogP contribution in [0.15, 0.2) is 47.3 Å². The van der Waals surface area contributed by atoms with Crippen LogP contribution in [0.25, 0.3) is 10.9 Å². The van der Waals surface area contributed by atoms with Crippen LogP contribution in [-0.4, -0.2) is 41.6 Å². The third kappa shape index (κ3) is 4.18. The molecule has 0 unspecified atom stereocenters. The molecule has 2 N–H and O–H groups in total. The fourth-order valence-corrected chi connectivity index (χ4v) is 3.97. The van der Waals surface area contributed by atoms with Gasteiger partial charge in [-0.2, -0.15) is 0 Å². The number of ether oxygens (including phenoxy) is 1. The Balaban J connectivity index is 1.81. The highest BCUT2D eigenvalue weighted by atomic mass is 19.1. The predicted octanol–water partition coefficient (Wildman–Crippen LogP) is 2.07. The summed E-state index contributed by atoms with van der Waals surface area (Å²) in [5.41, 5.74) is 6.59. The molecule has 8 nitrogen and oxygen atoms in total. The maximum Gasteiger partial charge on any atom is 0.337 e. The SMILES string of the molecule is COC(=O)c1ccc2c(=O)n(Cc3ccc(F)cc3)c(N3CCC(C(N)=O)CC3)nc2c1. The van der Waals surface area contributed by atoms with Crippen molar-refractivity contribution < 1.29 is 18.7 Å². The molecule has 1 saturated heterocycles. The van der Waals surface area contributed by atoms with Gasteiger partial charge in [-0.15, -0.1) is 0 Å². The van der Waals surface area contributed by atoms with Gasteiger partial charge in [0.25, 0.3) is 5.56 Å². The maximum atomic E-state index is 13.4. The fourth-order valence-electron chi connectivity index (χ4n) is 3.97. The number of primary amides is 1. The number of amides is 1. The van der Waals surface area contributed by atoms with Gasteiger partial charge in [0.2, 0.25) is 11.9 Å². The van der Waals surface area contributed by atoms with Crippen LogP contribution in [-0.2, 0) is 16.1 Å². The second-order valence-corrected chi connectivity index (χ2v) is 7.82. The quantitative estimate of drug-likeness (QED) is 0.611. The molecule has 0 bridgehead atoms. The first kappa shape index (κ1) is 21.5. The van der Waals surface area contributed by atoms with Gasteiger partial charge >= 0.3 is 5.97 Å². The first-order valence-corrected chi connectivity index (χ1v) is 10.3. The zero-order valence-electron chi connectivity index (χ0n) is 17.6. The van der Waals surface area contributed by atoms with Gasteiger partial charge in [-0.05, 0) is 48.7 Å². The number of hydrogen-bond acceptors (Lipinski definition) is 6. The van der Waals surface area contributed by atoms with Gasteiger partial charge in [0.15, 0.2) is 0 Å². The lowest BCUT2D eigenvalue weighted by Gasteiger charge is -2.33. The zero-order valence-corrected chi connectivity index (χ0v) is 17.6. The molecule has 3 aromatic rings. The summed E-state index contributed by atoms with van der Waals surface area (Å²) in [5, 5.41) is 0.357. The molecule has 0 radical (unpaired) electrons. The highest BCUT2D eigenvalue weighted by Gasteiger charge is 2.26. The number of carbonyl (C=O) groups is 2. The summed E-state index contributed by atoms with van der Waals surface area (Å²) in [7, 11) is 1.29. The Morgan fingerprint density at radius 2 is 1.84 bits per heavy atom. The van der Waals surface area contributed by atoms with E-state index >= 15 is 0 Å². The number of benzene rings is 2. The average molecular weight is 438 g/mol. The molecule has 2 aromatic carbocycles. The number of rotatable bonds is 5. The first-order chi connectivity index (χ1) is 15.4. The number of esters is 1. The standard InChI is InChI=1S/C23H23FN4O4/c1-32-22(31)16-4-7-18-19(12-16)26-23(27-10-8-15(9-11-27)20(25)29)28(21(18)30)13-14-2-5-17(24)6-3-14/h2-7,12,15H,8-11,13H2,1H3,(H2,25,29). The van der Waals surface area contributed by atoms with Crippen molar-refractivity contribution in [1.29, 1.82) is 0 Å². The summed E-state index contributed by atoms with van der Waals surface area (Å²) >= 11 is 0. The van der Waals surface area contributed by atoms with Crippen LogP contribution < -0.4 is 16.2 Å². The number of hydrogen-bond donors (Lipinski definition) is 1. The molecule has 1 aromatic heterocycles. The summed E-state index contributed by atoms with van der Waals surface area (Å²) < 4.78 is 19.7. The monoisotopic (exact) mass is 438 g/mol. The van der Waals surface area contributed by atoms with E-state index in [0.717, 1.165) is 5.56 Å². The van der Waals surface area contributed by atoms with E-state index in [9.17, 15) is 18.8 Å². The number of halogens is 1. The van der Waals surface area contributed by atoms with Crippen LogP contribution in [0.2, 0.25) is 0 Å². The van der Waals surface area contributed by atoms with Crippen molar-refractivity contribution >= 4 is 28.7 Å². The summed E-state index contributed by atoms with van der Waals surface area (Å²) in [6.45, 7) is 1.21. The molecule has 9 heteroatoms. The van der Waals surface area contributed by atoms with Gasteiger partial charge in [-0.3, -0.25) is 14.2 Å². The Hall–Kier alpha value is -3.75. The summed E-state index contributed by atoms with van der Waals surface area (Å²) in [5.74, 6) is -0.996. The zero-order chi connectivity index (χ0) is 22.8. The highest BCUT2D eigenvalue weighted by Crippen LogP contribution is 2.24. The molecule has 1 aliphatic heterocycles. The normalized spacial score (nSPS) is 14.5. The van der Waals surface area contributed by atoms with Gasteiger partial charge in [0, 0.05) is 19.0 Å². The van der Waals surface area contributed by atoms with E-state index in [1.54, 1.807) is 18.2 Å². The van der Waals surface area contributed by atoms with E-state index in [1.807, 2.05) is 4.90 Å². The smallest absolute Gasteiger partial charge is 0.337 e. The number of fused-ring (bicyclic) bond motifs is 1. The van der Waals surface area contributed by atoms with Gasteiger partial charge < -0.3 is 15.4 Å². The van der Waals surface area contributed by atoms with Crippen molar-refractivity contribution in [3.05, 3.63) is 69.8 Å². The lowest BCUT2D eigenvalue weighted by atomic mass is 9.96. The number of nitrogens with two attached hydrogens (primary N) is 1. The molecule has 0 spiro atoms. The van der Waals surface area contributed by atoms with E-state index in [4.69, 9.17) is 15.5 Å². The van der Waals surface area contributed by atoms with Crippen LogP contribution in [0.1, 0.15) is 28.8 Å². The Morgan fingerprint density at radius 3 is 2.47 bits per heavy atom. The van der Waals surface area contributed by atoms with Crippen molar-refractivity contribution in [3.8, 4) is 0 Å². The molecule has 0 aliphatic carbocycles. The second kappa shape index (κ2) is 8.78. The molecule has 0 atom stereocenters. The van der Waals surface area contributed by atoms with Crippen molar-refractivity contribution in [1.82, 2.24) is 9.55 Å². The molecule has 4 rings (SSSR count). The molecular formula is C23H23FN4O4. The topological polar surface area (TPSA) is 108 Å². The molecule has 1 amide bonds. The second-order valence-electron chi connectivity index (χ2n) is 7.82. The number of carbonyl (C=O) groups excluding carboxylic acids is 2. The van der Waals surface area contributed by atoms with E-state index in [2.05, 4.69) is 0 Å². The molecule has 32 heavy (non-hydrogen) atoms.